The van der Waals surface area contributed by atoms with Crippen LogP contribution in [0.15, 0.2) is 67.9 Å². The number of rotatable bonds is 14. The number of hydrogen-bond acceptors (Lipinski definition) is 6. The van der Waals surface area contributed by atoms with Crippen molar-refractivity contribution in [2.24, 2.45) is 19.3 Å². The minimum Gasteiger partial charge on any atom is -0.492 e. The van der Waals surface area contributed by atoms with Gasteiger partial charge in [0.1, 0.15) is 18.1 Å². The summed E-state index contributed by atoms with van der Waals surface area (Å²) in [4.78, 5) is 9.23. The summed E-state index contributed by atoms with van der Waals surface area (Å²) < 4.78 is 22.7. The highest BCUT2D eigenvalue weighted by atomic mass is 32.4. The van der Waals surface area contributed by atoms with Gasteiger partial charge >= 0.3 is 7.07 Å². The van der Waals surface area contributed by atoms with Crippen molar-refractivity contribution in [1.29, 1.82) is 0 Å². The van der Waals surface area contributed by atoms with Crippen molar-refractivity contribution < 1.29 is 13.8 Å². The molecule has 2 rings (SSSR count). The largest absolute Gasteiger partial charge is 0.540 e. The molecule has 0 bridgehead atoms. The van der Waals surface area contributed by atoms with E-state index in [0.29, 0.717) is 35.2 Å². The lowest BCUT2D eigenvalue weighted by molar-refractivity contribution is 0.243. The second kappa shape index (κ2) is 15.8. The first-order chi connectivity index (χ1) is 16.0. The summed E-state index contributed by atoms with van der Waals surface area (Å²) in [5.74, 6) is 2.17. The Morgan fingerprint density at radius 1 is 1.06 bits per heavy atom. The van der Waals surface area contributed by atoms with Gasteiger partial charge in [-0.3, -0.25) is 4.52 Å². The van der Waals surface area contributed by atoms with E-state index in [9.17, 15) is 0 Å². The quantitative estimate of drug-likeness (QED) is 0.148. The van der Waals surface area contributed by atoms with Crippen molar-refractivity contribution in [3.8, 4) is 17.2 Å². The van der Waals surface area contributed by atoms with Crippen molar-refractivity contribution >= 4 is 51.3 Å². The van der Waals surface area contributed by atoms with E-state index in [1.165, 1.54) is 0 Å². The lowest BCUT2D eigenvalue weighted by Crippen LogP contribution is -2.23. The molecule has 0 fully saturated rings. The van der Waals surface area contributed by atoms with Gasteiger partial charge in [0.2, 0.25) is 11.8 Å². The highest BCUT2D eigenvalue weighted by Crippen LogP contribution is 2.31. The molecule has 2 aromatic carbocycles. The van der Waals surface area contributed by atoms with Gasteiger partial charge in [0.15, 0.2) is 14.3 Å². The Hall–Kier alpha value is -1.91. The van der Waals surface area contributed by atoms with Crippen LogP contribution in [0.25, 0.3) is 0 Å². The summed E-state index contributed by atoms with van der Waals surface area (Å²) in [6.07, 6.45) is 1.72. The van der Waals surface area contributed by atoms with Gasteiger partial charge < -0.3 is 14.2 Å². The Kier molecular flexibility index (Phi) is 13.1. The van der Waals surface area contributed by atoms with Crippen molar-refractivity contribution in [1.82, 2.24) is 9.68 Å². The molecule has 33 heavy (non-hydrogen) atoms. The van der Waals surface area contributed by atoms with Gasteiger partial charge in [-0.25, -0.2) is 0 Å². The summed E-state index contributed by atoms with van der Waals surface area (Å²) in [7, 11) is 6.30. The summed E-state index contributed by atoms with van der Waals surface area (Å²) in [5, 5.41) is 4.39. The van der Waals surface area contributed by atoms with E-state index in [1.807, 2.05) is 48.5 Å². The third kappa shape index (κ3) is 11.2. The second-order valence-electron chi connectivity index (χ2n) is 6.39. The number of likely N-dealkylation sites (N-methyl/N-ethyl adjacent to an activating group) is 1. The standard InChI is InChI=1S/C19H25N6O3P4S/c1-4-24(2)13-14-26-17-9-11-19(12-10-17)28-32(33)25(3)20-15-16-5-7-18(8-6-16)27-31-23-30-22-21-29/h5-12,15,29H,4,13-14H2,1-3H3/q+1. The highest BCUT2D eigenvalue weighted by molar-refractivity contribution is 8.02. The zero-order valence-electron chi connectivity index (χ0n) is 18.5. The predicted octanol–water partition coefficient (Wildman–Crippen LogP) is 6.85. The van der Waals surface area contributed by atoms with Crippen LogP contribution in [-0.2, 0) is 11.8 Å². The molecule has 9 nitrogen and oxygen atoms in total. The van der Waals surface area contributed by atoms with Crippen molar-refractivity contribution in [2.75, 3.05) is 33.8 Å². The van der Waals surface area contributed by atoms with E-state index in [1.54, 1.807) is 18.0 Å². The monoisotopic (exact) mass is 541 g/mol. The molecule has 2 aromatic rings. The fourth-order valence-electron chi connectivity index (χ4n) is 2.15. The van der Waals surface area contributed by atoms with E-state index in [4.69, 9.17) is 25.6 Å². The van der Waals surface area contributed by atoms with Crippen molar-refractivity contribution in [3.05, 3.63) is 54.1 Å². The van der Waals surface area contributed by atoms with Gasteiger partial charge in [0.25, 0.3) is 8.60 Å². The maximum Gasteiger partial charge on any atom is 0.540 e. The van der Waals surface area contributed by atoms with Gasteiger partial charge in [-0.15, -0.1) is 19.3 Å². The highest BCUT2D eigenvalue weighted by Gasteiger charge is 2.20. The van der Waals surface area contributed by atoms with Crippen LogP contribution >= 0.6 is 33.2 Å². The summed E-state index contributed by atoms with van der Waals surface area (Å²) in [6.45, 7) is 4.63. The molecule has 0 radical (unpaired) electrons. The van der Waals surface area contributed by atoms with Crippen LogP contribution < -0.4 is 13.8 Å². The predicted molar refractivity (Wildman–Crippen MR) is 142 cm³/mol. The normalized spacial score (nSPS) is 11.9. The maximum absolute atomic E-state index is 5.85. The molecule has 0 amide bonds. The third-order valence-corrected chi connectivity index (χ3v) is 7.30. The summed E-state index contributed by atoms with van der Waals surface area (Å²) in [6, 6.07) is 14.9. The zero-order chi connectivity index (χ0) is 23.9. The lowest BCUT2D eigenvalue weighted by Gasteiger charge is -2.14. The van der Waals surface area contributed by atoms with Gasteiger partial charge in [-0.2, -0.15) is 0 Å². The SMILES string of the molecule is CCN(C)CCOc1ccc(O[P+](=S)N(C)N=Cc2ccc(OP=NP=NN=P)cc2)cc1. The Morgan fingerprint density at radius 3 is 2.39 bits per heavy atom. The minimum atomic E-state index is -1.35. The molecule has 14 heteroatoms. The first kappa shape index (κ1) is 27.3. The zero-order valence-corrected chi connectivity index (χ0v) is 23.0. The van der Waals surface area contributed by atoms with Crippen LogP contribution in [0.5, 0.6) is 17.2 Å². The first-order valence-electron chi connectivity index (χ1n) is 9.80. The topological polar surface area (TPSA) is 83.6 Å². The van der Waals surface area contributed by atoms with Crippen LogP contribution in [0.4, 0.5) is 0 Å². The molecule has 0 aliphatic carbocycles. The van der Waals surface area contributed by atoms with E-state index in [0.717, 1.165) is 24.4 Å². The van der Waals surface area contributed by atoms with Gasteiger partial charge in [0, 0.05) is 15.6 Å². The summed E-state index contributed by atoms with van der Waals surface area (Å²) >= 11 is 5.47. The number of benzene rings is 2. The molecule has 0 spiro atoms. The smallest absolute Gasteiger partial charge is 0.492 e. The molecule has 1 atom stereocenters. The number of ether oxygens (including phenoxy) is 1. The van der Waals surface area contributed by atoms with Crippen molar-refractivity contribution in [3.63, 3.8) is 0 Å². The summed E-state index contributed by atoms with van der Waals surface area (Å²) in [5.41, 5.74) is 0.905. The van der Waals surface area contributed by atoms with Gasteiger partial charge in [0.05, 0.1) is 13.3 Å². The molecule has 174 valence electrons. The van der Waals surface area contributed by atoms with E-state index in [-0.39, 0.29) is 0 Å². The average Bonchev–Trinajstić information content (AvgIpc) is 2.84. The molecule has 1 unspecified atom stereocenters. The molecule has 0 aliphatic rings. The van der Waals surface area contributed by atoms with Crippen LogP contribution in [-0.4, -0.2) is 49.7 Å². The second-order valence-corrected chi connectivity index (χ2v) is 10.2. The average molecular weight is 541 g/mol. The molecule has 0 saturated carbocycles. The van der Waals surface area contributed by atoms with E-state index < -0.39 is 7.07 Å². The molecular weight excluding hydrogens is 516 g/mol. The molecular formula is C19H25N6O3P4S+. The van der Waals surface area contributed by atoms with Crippen LogP contribution in [0.3, 0.4) is 0 Å². The van der Waals surface area contributed by atoms with E-state index >= 15 is 0 Å². The molecule has 0 aromatic heterocycles. The molecule has 0 saturated heterocycles. The minimum absolute atomic E-state index is 0.445. The Morgan fingerprint density at radius 2 is 1.73 bits per heavy atom. The van der Waals surface area contributed by atoms with Crippen LogP contribution in [0, 0.1) is 0 Å². The van der Waals surface area contributed by atoms with Crippen molar-refractivity contribution in [2.45, 2.75) is 6.92 Å². The van der Waals surface area contributed by atoms with Gasteiger partial charge in [-0.05, 0) is 67.7 Å². The van der Waals surface area contributed by atoms with Gasteiger partial charge in [-0.1, -0.05) is 11.7 Å². The van der Waals surface area contributed by atoms with E-state index in [2.05, 4.69) is 47.2 Å². The number of hydrazone groups is 1. The first-order valence-corrected chi connectivity index (χ1v) is 14.0. The fourth-order valence-corrected chi connectivity index (χ4v) is 3.89. The third-order valence-electron chi connectivity index (χ3n) is 4.09. The Labute approximate surface area is 205 Å². The van der Waals surface area contributed by atoms with Crippen LogP contribution in [0.2, 0.25) is 0 Å². The van der Waals surface area contributed by atoms with Crippen LogP contribution in [0.1, 0.15) is 12.5 Å². The molecule has 0 aliphatic heterocycles. The fraction of sp³-hybridized carbons (Fsp3) is 0.316. The number of hydrogen-bond donors (Lipinski definition) is 0. The Bertz CT molecular complexity index is 976. The Balaban J connectivity index is 1.80. The maximum atomic E-state index is 5.85. The molecule has 0 heterocycles. The number of nitrogens with zero attached hydrogens (tertiary/aromatic N) is 6. The lowest BCUT2D eigenvalue weighted by atomic mass is 10.2. The molecule has 0 N–H and O–H groups in total.